The molecular formula is C40H54N6. The summed E-state index contributed by atoms with van der Waals surface area (Å²) in [6, 6.07) is 0.0860. The van der Waals surface area contributed by atoms with Crippen LogP contribution in [0.3, 0.4) is 0 Å². The topological polar surface area (TPSA) is 97.5 Å². The molecule has 0 saturated heterocycles. The highest BCUT2D eigenvalue weighted by Gasteiger charge is 2.32. The van der Waals surface area contributed by atoms with Crippen molar-refractivity contribution in [1.29, 1.82) is 0 Å². The second-order valence-electron chi connectivity index (χ2n) is 14.1. The predicted molar refractivity (Wildman–Crippen MR) is 198 cm³/mol. The summed E-state index contributed by atoms with van der Waals surface area (Å²) in [4.78, 5) is 6.04. The number of rotatable bonds is 12. The molecule has 0 radical (unpaired) electrons. The van der Waals surface area contributed by atoms with E-state index in [0.717, 1.165) is 25.7 Å². The number of hydrogen-bond donors (Lipinski definition) is 0. The third kappa shape index (κ3) is 12.6. The smallest absolute Gasteiger partial charge is 0.0419 e. The van der Waals surface area contributed by atoms with E-state index in [-0.39, 0.29) is 22.9 Å². The highest BCUT2D eigenvalue weighted by Crippen LogP contribution is 2.43. The minimum absolute atomic E-state index is 0.0133. The van der Waals surface area contributed by atoms with E-state index in [4.69, 9.17) is 11.1 Å². The standard InChI is InChI=1S/C40H54N6/c1-29(17-13-19-31(3)21-23-37-33(5)25-35(43-45-41)27-39(37,7)8)15-11-12-16-30(2)18-14-20-32(4)22-24-38-34(6)26-36(44-46-42)28-40(38,9)10/h11-24,35-36H,25-28H2,1-10H3/b12-11+,17-13+,18-14+,23-21+,24-22+,29-15+,30-16+,31-19+,32-20+/t35-,36-/m0/s1. The van der Waals surface area contributed by atoms with Crippen LogP contribution in [0.2, 0.25) is 0 Å². The molecule has 0 aliphatic heterocycles. The maximum absolute atomic E-state index is 8.83. The molecule has 2 atom stereocenters. The van der Waals surface area contributed by atoms with Crippen molar-refractivity contribution in [2.24, 2.45) is 21.1 Å². The van der Waals surface area contributed by atoms with Gasteiger partial charge in [0.25, 0.3) is 0 Å². The highest BCUT2D eigenvalue weighted by atomic mass is 15.2. The van der Waals surface area contributed by atoms with Gasteiger partial charge in [-0.25, -0.2) is 0 Å². The molecule has 0 aromatic heterocycles. The van der Waals surface area contributed by atoms with Gasteiger partial charge in [0.05, 0.1) is 0 Å². The first-order valence-corrected chi connectivity index (χ1v) is 16.3. The fourth-order valence-corrected chi connectivity index (χ4v) is 6.44. The molecule has 244 valence electrons. The Kier molecular flexibility index (Phi) is 14.9. The van der Waals surface area contributed by atoms with Gasteiger partial charge >= 0.3 is 0 Å². The molecule has 2 aliphatic rings. The van der Waals surface area contributed by atoms with E-state index in [0.29, 0.717) is 0 Å². The highest BCUT2D eigenvalue weighted by molar-refractivity contribution is 5.39. The molecule has 0 aromatic carbocycles. The number of hydrogen-bond acceptors (Lipinski definition) is 2. The summed E-state index contributed by atoms with van der Waals surface area (Å²) < 4.78 is 0. The Balaban J connectivity index is 1.93. The van der Waals surface area contributed by atoms with E-state index in [2.05, 4.69) is 174 Å². The van der Waals surface area contributed by atoms with Crippen LogP contribution in [0, 0.1) is 10.8 Å². The van der Waals surface area contributed by atoms with Gasteiger partial charge in [0, 0.05) is 21.9 Å². The molecule has 2 rings (SSSR count). The van der Waals surface area contributed by atoms with Gasteiger partial charge in [-0.05, 0) is 100 Å². The van der Waals surface area contributed by atoms with Crippen molar-refractivity contribution in [3.63, 3.8) is 0 Å². The summed E-state index contributed by atoms with van der Waals surface area (Å²) in [5, 5.41) is 7.94. The van der Waals surface area contributed by atoms with Crippen LogP contribution in [-0.2, 0) is 0 Å². The van der Waals surface area contributed by atoms with Gasteiger partial charge in [-0.1, -0.05) is 156 Å². The van der Waals surface area contributed by atoms with Crippen LogP contribution in [0.25, 0.3) is 20.9 Å². The van der Waals surface area contributed by atoms with Crippen molar-refractivity contribution in [1.82, 2.24) is 0 Å². The summed E-state index contributed by atoms with van der Waals surface area (Å²) in [6.45, 7) is 21.6. The van der Waals surface area contributed by atoms with Gasteiger partial charge in [0.15, 0.2) is 0 Å². The Hall–Kier alpha value is -4.24. The van der Waals surface area contributed by atoms with Crippen molar-refractivity contribution < 1.29 is 0 Å². The van der Waals surface area contributed by atoms with Crippen LogP contribution in [0.1, 0.15) is 94.9 Å². The molecule has 2 aliphatic carbocycles. The second-order valence-corrected chi connectivity index (χ2v) is 14.1. The lowest BCUT2D eigenvalue weighted by Crippen LogP contribution is -2.27. The minimum Gasteiger partial charge on any atom is -0.0903 e. The molecule has 0 unspecified atom stereocenters. The van der Waals surface area contributed by atoms with Crippen molar-refractivity contribution in [3.05, 3.63) is 151 Å². The molecular weight excluding hydrogens is 564 g/mol. The third-order valence-electron chi connectivity index (χ3n) is 8.67. The lowest BCUT2D eigenvalue weighted by Gasteiger charge is -2.36. The summed E-state index contributed by atoms with van der Waals surface area (Å²) in [7, 11) is 0. The maximum Gasteiger partial charge on any atom is 0.0419 e. The summed E-state index contributed by atoms with van der Waals surface area (Å²) >= 11 is 0. The molecule has 0 heterocycles. The van der Waals surface area contributed by atoms with E-state index in [1.165, 1.54) is 44.6 Å². The molecule has 0 fully saturated rings. The first kappa shape index (κ1) is 37.9. The second kappa shape index (κ2) is 18.0. The van der Waals surface area contributed by atoms with Crippen LogP contribution in [0.5, 0.6) is 0 Å². The minimum atomic E-state index is -0.0133. The van der Waals surface area contributed by atoms with Crippen LogP contribution in [0.4, 0.5) is 0 Å². The zero-order valence-electron chi connectivity index (χ0n) is 29.7. The molecule has 6 nitrogen and oxygen atoms in total. The largest absolute Gasteiger partial charge is 0.0903 e. The Morgan fingerprint density at radius 1 is 0.587 bits per heavy atom. The third-order valence-corrected chi connectivity index (χ3v) is 8.67. The van der Waals surface area contributed by atoms with E-state index in [9.17, 15) is 0 Å². The number of allylic oxidation sites excluding steroid dienone is 20. The molecule has 0 bridgehead atoms. The lowest BCUT2D eigenvalue weighted by atomic mass is 9.71. The molecule has 6 heteroatoms. The number of azide groups is 2. The average molecular weight is 619 g/mol. The van der Waals surface area contributed by atoms with Crippen LogP contribution in [0.15, 0.2) is 140 Å². The van der Waals surface area contributed by atoms with Crippen molar-refractivity contribution >= 4 is 0 Å². The predicted octanol–water partition coefficient (Wildman–Crippen LogP) is 13.2. The van der Waals surface area contributed by atoms with Gasteiger partial charge in [-0.15, -0.1) is 0 Å². The van der Waals surface area contributed by atoms with E-state index in [1.54, 1.807) is 0 Å². The van der Waals surface area contributed by atoms with Gasteiger partial charge in [0.2, 0.25) is 0 Å². The number of nitrogens with zero attached hydrogens (tertiary/aromatic N) is 6. The summed E-state index contributed by atoms with van der Waals surface area (Å²) in [5.41, 5.74) is 27.6. The van der Waals surface area contributed by atoms with Crippen LogP contribution < -0.4 is 0 Å². The average Bonchev–Trinajstić information content (AvgIpc) is 2.94. The maximum atomic E-state index is 8.83. The van der Waals surface area contributed by atoms with Crippen molar-refractivity contribution in [2.75, 3.05) is 0 Å². The Bertz CT molecular complexity index is 1430. The van der Waals surface area contributed by atoms with Gasteiger partial charge < -0.3 is 0 Å². The van der Waals surface area contributed by atoms with Crippen molar-refractivity contribution in [3.8, 4) is 0 Å². The SMILES string of the molecule is CC1=C(/C=C/C(C)=C/C=C/C(C)=C/C=C/C=C(C)/C=C/C=C(C)/C=C/C2=C(C)C[C@H](N=[N+]=[N-])CC2(C)C)C(C)(C)C[C@@H](N=[N+]=[N-])C1. The lowest BCUT2D eigenvalue weighted by molar-refractivity contribution is 0.343. The summed E-state index contributed by atoms with van der Waals surface area (Å²) in [6.07, 6.45) is 33.2. The van der Waals surface area contributed by atoms with Gasteiger partial charge in [0.1, 0.15) is 0 Å². The van der Waals surface area contributed by atoms with Gasteiger partial charge in [-0.2, -0.15) is 0 Å². The van der Waals surface area contributed by atoms with Crippen LogP contribution >= 0.6 is 0 Å². The first-order valence-electron chi connectivity index (χ1n) is 16.3. The first-order chi connectivity index (χ1) is 21.7. The normalized spacial score (nSPS) is 23.3. The van der Waals surface area contributed by atoms with Crippen molar-refractivity contribution in [2.45, 2.75) is 107 Å². The fourth-order valence-electron chi connectivity index (χ4n) is 6.44. The van der Waals surface area contributed by atoms with E-state index in [1.807, 2.05) is 0 Å². The fraction of sp³-hybridized carbons (Fsp3) is 0.450. The zero-order valence-corrected chi connectivity index (χ0v) is 29.7. The molecule has 0 amide bonds. The Morgan fingerprint density at radius 3 is 1.24 bits per heavy atom. The molecule has 0 N–H and O–H groups in total. The molecule has 0 saturated carbocycles. The quantitative estimate of drug-likeness (QED) is 0.0899. The zero-order chi connectivity index (χ0) is 34.3. The van der Waals surface area contributed by atoms with Gasteiger partial charge in [-0.3, -0.25) is 0 Å². The summed E-state index contributed by atoms with van der Waals surface area (Å²) in [5.74, 6) is 0. The van der Waals surface area contributed by atoms with E-state index >= 15 is 0 Å². The monoisotopic (exact) mass is 618 g/mol. The Morgan fingerprint density at radius 2 is 0.913 bits per heavy atom. The molecule has 46 heavy (non-hydrogen) atoms. The molecule has 0 spiro atoms. The van der Waals surface area contributed by atoms with E-state index < -0.39 is 0 Å². The van der Waals surface area contributed by atoms with Crippen LogP contribution in [-0.4, -0.2) is 12.1 Å². The molecule has 0 aromatic rings. The Labute approximate surface area is 278 Å².